The number of carboxylic acids is 1. The summed E-state index contributed by atoms with van der Waals surface area (Å²) in [6.07, 6.45) is 0.928. The quantitative estimate of drug-likeness (QED) is 0.596. The van der Waals surface area contributed by atoms with Gasteiger partial charge in [0.15, 0.2) is 0 Å². The van der Waals surface area contributed by atoms with Crippen molar-refractivity contribution in [3.63, 3.8) is 0 Å². The second kappa shape index (κ2) is 10.1. The molecule has 0 saturated heterocycles. The number of furan rings is 1. The fourth-order valence-electron chi connectivity index (χ4n) is 1.88. The van der Waals surface area contributed by atoms with Gasteiger partial charge in [0.05, 0.1) is 18.1 Å². The van der Waals surface area contributed by atoms with E-state index in [-0.39, 0.29) is 17.6 Å². The van der Waals surface area contributed by atoms with Crippen LogP contribution in [0.1, 0.15) is 39.9 Å². The van der Waals surface area contributed by atoms with Crippen LogP contribution >= 0.6 is 11.8 Å². The number of carbonyl (C=O) groups is 3. The molecule has 2 unspecified atom stereocenters. The molecule has 0 spiro atoms. The molecule has 1 heterocycles. The summed E-state index contributed by atoms with van der Waals surface area (Å²) in [7, 11) is 0. The van der Waals surface area contributed by atoms with Crippen molar-refractivity contribution in [2.45, 2.75) is 57.6 Å². The average molecular weight is 386 g/mol. The first-order chi connectivity index (χ1) is 12.1. The molecule has 9 heteroatoms. The Labute approximate surface area is 157 Å². The Morgan fingerprint density at radius 2 is 2.04 bits per heavy atom. The van der Waals surface area contributed by atoms with E-state index in [9.17, 15) is 19.5 Å². The summed E-state index contributed by atoms with van der Waals surface area (Å²) in [4.78, 5) is 35.0. The molecule has 0 aliphatic rings. The number of amides is 2. The van der Waals surface area contributed by atoms with Crippen molar-refractivity contribution in [2.24, 2.45) is 0 Å². The maximum absolute atomic E-state index is 12.0. The molecular weight excluding hydrogens is 360 g/mol. The van der Waals surface area contributed by atoms with Gasteiger partial charge in [-0.2, -0.15) is 0 Å². The normalized spacial score (nSPS) is 13.5. The molecule has 0 saturated carbocycles. The molecule has 1 aromatic rings. The van der Waals surface area contributed by atoms with Gasteiger partial charge in [-0.25, -0.2) is 9.59 Å². The number of ether oxygens (including phenoxy) is 1. The number of alkyl carbamates (subject to hydrolysis) is 1. The lowest BCUT2D eigenvalue weighted by Gasteiger charge is -2.22. The second-order valence-electron chi connectivity index (χ2n) is 6.64. The highest BCUT2D eigenvalue weighted by Crippen LogP contribution is 2.14. The van der Waals surface area contributed by atoms with Gasteiger partial charge in [-0.1, -0.05) is 0 Å². The van der Waals surface area contributed by atoms with Crippen LogP contribution in [-0.2, 0) is 20.9 Å². The first kappa shape index (κ1) is 21.9. The Bertz CT molecular complexity index is 597. The van der Waals surface area contributed by atoms with Crippen LogP contribution in [0.25, 0.3) is 0 Å². The molecule has 0 aromatic carbocycles. The third kappa shape index (κ3) is 8.80. The van der Waals surface area contributed by atoms with Crippen molar-refractivity contribution in [1.82, 2.24) is 10.6 Å². The zero-order chi connectivity index (χ0) is 19.7. The summed E-state index contributed by atoms with van der Waals surface area (Å²) in [6.45, 7) is 7.12. The van der Waals surface area contributed by atoms with Crippen molar-refractivity contribution < 1.29 is 28.6 Å². The molecule has 26 heavy (non-hydrogen) atoms. The minimum absolute atomic E-state index is 0.168. The van der Waals surface area contributed by atoms with Gasteiger partial charge >= 0.3 is 12.1 Å². The van der Waals surface area contributed by atoms with Crippen LogP contribution < -0.4 is 10.6 Å². The van der Waals surface area contributed by atoms with Crippen molar-refractivity contribution in [1.29, 1.82) is 0 Å². The highest BCUT2D eigenvalue weighted by molar-refractivity contribution is 8.00. The molecule has 0 aliphatic carbocycles. The standard InChI is InChI=1S/C17H26N2O6S/c1-11(14(20)18-10-12-6-5-8-24-12)26-9-7-13(15(21)22)19-16(23)25-17(2,3)4/h5-6,8,11,13H,7,9-10H2,1-4H3,(H,18,20)(H,19,23)(H,21,22). The molecule has 8 nitrogen and oxygen atoms in total. The first-order valence-corrected chi connectivity index (χ1v) is 9.27. The largest absolute Gasteiger partial charge is 0.480 e. The molecule has 3 N–H and O–H groups in total. The van der Waals surface area contributed by atoms with E-state index in [1.807, 2.05) is 0 Å². The zero-order valence-corrected chi connectivity index (χ0v) is 16.2. The molecule has 2 amide bonds. The lowest BCUT2D eigenvalue weighted by molar-refractivity contribution is -0.139. The summed E-state index contributed by atoms with van der Waals surface area (Å²) in [6, 6.07) is 2.43. The van der Waals surface area contributed by atoms with Crippen molar-refractivity contribution >= 4 is 29.7 Å². The van der Waals surface area contributed by atoms with Crippen LogP contribution in [0.4, 0.5) is 4.79 Å². The van der Waals surface area contributed by atoms with Gasteiger partial charge in [0.25, 0.3) is 0 Å². The smallest absolute Gasteiger partial charge is 0.408 e. The van der Waals surface area contributed by atoms with Crippen LogP contribution in [0.3, 0.4) is 0 Å². The molecule has 146 valence electrons. The highest BCUT2D eigenvalue weighted by atomic mass is 32.2. The molecule has 1 aromatic heterocycles. The van der Waals surface area contributed by atoms with Gasteiger partial charge in [-0.15, -0.1) is 11.8 Å². The minimum atomic E-state index is -1.15. The summed E-state index contributed by atoms with van der Waals surface area (Å²) in [5.74, 6) is -0.268. The monoisotopic (exact) mass is 386 g/mol. The first-order valence-electron chi connectivity index (χ1n) is 8.22. The van der Waals surface area contributed by atoms with Crippen LogP contribution in [0.2, 0.25) is 0 Å². The molecule has 0 radical (unpaired) electrons. The lowest BCUT2D eigenvalue weighted by atomic mass is 10.2. The van der Waals surface area contributed by atoms with Gasteiger partial charge in [0.2, 0.25) is 5.91 Å². The molecular formula is C17H26N2O6S. The van der Waals surface area contributed by atoms with E-state index in [2.05, 4.69) is 10.6 Å². The van der Waals surface area contributed by atoms with Gasteiger partial charge in [0, 0.05) is 0 Å². The summed E-state index contributed by atoms with van der Waals surface area (Å²) >= 11 is 1.31. The van der Waals surface area contributed by atoms with Crippen molar-refractivity contribution in [3.8, 4) is 0 Å². The van der Waals surface area contributed by atoms with Crippen LogP contribution in [0.15, 0.2) is 22.8 Å². The maximum atomic E-state index is 12.0. The molecule has 0 fully saturated rings. The highest BCUT2D eigenvalue weighted by Gasteiger charge is 2.24. The van der Waals surface area contributed by atoms with E-state index < -0.39 is 23.7 Å². The number of carbonyl (C=O) groups excluding carboxylic acids is 2. The SMILES string of the molecule is CC(SCCC(NC(=O)OC(C)(C)C)C(=O)O)C(=O)NCc1ccco1. The average Bonchev–Trinajstić information content (AvgIpc) is 3.02. The molecule has 1 rings (SSSR count). The van der Waals surface area contributed by atoms with Crippen molar-refractivity contribution in [2.75, 3.05) is 5.75 Å². The van der Waals surface area contributed by atoms with E-state index in [1.54, 1.807) is 39.8 Å². The van der Waals surface area contributed by atoms with E-state index in [4.69, 9.17) is 9.15 Å². The molecule has 0 bridgehead atoms. The van der Waals surface area contributed by atoms with Gasteiger partial charge in [-0.05, 0) is 52.0 Å². The number of hydrogen-bond acceptors (Lipinski definition) is 6. The molecule has 0 aliphatic heterocycles. The Balaban J connectivity index is 2.35. The van der Waals surface area contributed by atoms with E-state index in [1.165, 1.54) is 18.0 Å². The number of rotatable bonds is 9. The lowest BCUT2D eigenvalue weighted by Crippen LogP contribution is -2.43. The number of hydrogen-bond donors (Lipinski definition) is 3. The number of aliphatic carboxylic acids is 1. The van der Waals surface area contributed by atoms with Crippen LogP contribution in [-0.4, -0.2) is 45.7 Å². The third-order valence-electron chi connectivity index (χ3n) is 3.15. The summed E-state index contributed by atoms with van der Waals surface area (Å²) in [5.41, 5.74) is -0.706. The number of carboxylic acid groups (broad SMARTS) is 1. The maximum Gasteiger partial charge on any atom is 0.408 e. The zero-order valence-electron chi connectivity index (χ0n) is 15.4. The summed E-state index contributed by atoms with van der Waals surface area (Å²) < 4.78 is 10.2. The third-order valence-corrected chi connectivity index (χ3v) is 4.34. The van der Waals surface area contributed by atoms with Gasteiger partial charge in [-0.3, -0.25) is 4.79 Å². The fourth-order valence-corrected chi connectivity index (χ4v) is 2.84. The van der Waals surface area contributed by atoms with E-state index in [0.717, 1.165) is 0 Å². The Hall–Kier alpha value is -2.16. The van der Waals surface area contributed by atoms with E-state index in [0.29, 0.717) is 18.1 Å². The minimum Gasteiger partial charge on any atom is -0.480 e. The molecule has 2 atom stereocenters. The number of thioether (sulfide) groups is 1. The van der Waals surface area contributed by atoms with E-state index >= 15 is 0 Å². The second-order valence-corrected chi connectivity index (χ2v) is 8.08. The Morgan fingerprint density at radius 3 is 2.58 bits per heavy atom. The Morgan fingerprint density at radius 1 is 1.35 bits per heavy atom. The summed E-state index contributed by atoms with van der Waals surface area (Å²) in [5, 5.41) is 13.9. The predicted molar refractivity (Wildman–Crippen MR) is 97.9 cm³/mol. The van der Waals surface area contributed by atoms with Crippen LogP contribution in [0, 0.1) is 0 Å². The van der Waals surface area contributed by atoms with Gasteiger partial charge < -0.3 is 24.9 Å². The number of nitrogens with one attached hydrogen (secondary N) is 2. The predicted octanol–water partition coefficient (Wildman–Crippen LogP) is 2.39. The van der Waals surface area contributed by atoms with Gasteiger partial charge in [0.1, 0.15) is 17.4 Å². The fraction of sp³-hybridized carbons (Fsp3) is 0.588. The topological polar surface area (TPSA) is 118 Å². The van der Waals surface area contributed by atoms with Crippen molar-refractivity contribution in [3.05, 3.63) is 24.2 Å². The Kier molecular flexibility index (Phi) is 8.50. The van der Waals surface area contributed by atoms with Crippen LogP contribution in [0.5, 0.6) is 0 Å².